The third-order valence-corrected chi connectivity index (χ3v) is 16.6. The number of likely N-dealkylation sites (tertiary alicyclic amines) is 1. The van der Waals surface area contributed by atoms with Crippen LogP contribution in [0.15, 0.2) is 24.3 Å². The van der Waals surface area contributed by atoms with Crippen molar-refractivity contribution in [2.45, 2.75) is 157 Å². The van der Waals surface area contributed by atoms with Gasteiger partial charge in [0.25, 0.3) is 0 Å². The number of hydrogen-bond donors (Lipinski definition) is 11. The molecule has 1 aromatic carbocycles. The van der Waals surface area contributed by atoms with E-state index >= 15 is 0 Å². The number of nitrogens with one attached hydrogen (secondary N) is 7. The van der Waals surface area contributed by atoms with Crippen LogP contribution in [-0.2, 0) is 59.2 Å². The summed E-state index contributed by atoms with van der Waals surface area (Å²) in [5.41, 5.74) is 22.6. The molecule has 2 aliphatic heterocycles. The molecule has 2 unspecified atom stereocenters. The minimum atomic E-state index is -1.73. The molecule has 74 heavy (non-hydrogen) atoms. The smallest absolute Gasteiger partial charge is 0.246 e. The summed E-state index contributed by atoms with van der Waals surface area (Å²) in [6, 6.07) is -2.52. The molecule has 2 saturated heterocycles. The SMILES string of the molecule is CC[C@H](C)C1NC(=O)[C@H](Cc2ccc(OC)cc2)NC(=O)CC2(CCCCC2)SSC[C@@H](C(=O)N2CCC[C@H]2C(=O)N[C@@H](CCCN)C(=O)NCC(N)=O)NC(=O)[C@H](CC(N)=O)NC(=O)C(CCC(N)=O)NC1=O. The van der Waals surface area contributed by atoms with Gasteiger partial charge in [0.05, 0.1) is 20.1 Å². The van der Waals surface area contributed by atoms with Gasteiger partial charge in [-0.25, -0.2) is 0 Å². The summed E-state index contributed by atoms with van der Waals surface area (Å²) < 4.78 is 4.60. The van der Waals surface area contributed by atoms with E-state index in [0.717, 1.165) is 19.3 Å². The number of amides is 11. The first-order chi connectivity index (χ1) is 35.2. The molecule has 26 heteroatoms. The van der Waals surface area contributed by atoms with Gasteiger partial charge in [0.1, 0.15) is 48.0 Å². The Balaban J connectivity index is 1.77. The number of nitrogens with two attached hydrogens (primary N) is 4. The number of primary amides is 3. The fourth-order valence-electron chi connectivity index (χ4n) is 9.02. The lowest BCUT2D eigenvalue weighted by Crippen LogP contribution is -2.61. The molecule has 4 rings (SSSR count). The van der Waals surface area contributed by atoms with Gasteiger partial charge in [0.15, 0.2) is 0 Å². The molecular formula is C48H74N12O12S2. The van der Waals surface area contributed by atoms with Gasteiger partial charge in [-0.15, -0.1) is 0 Å². The van der Waals surface area contributed by atoms with Crippen LogP contribution in [0.3, 0.4) is 0 Å². The minimum Gasteiger partial charge on any atom is -0.497 e. The molecule has 1 aliphatic carbocycles. The molecule has 3 fully saturated rings. The van der Waals surface area contributed by atoms with E-state index in [1.165, 1.54) is 33.6 Å². The molecule has 11 amide bonds. The Hall–Kier alpha value is -6.15. The van der Waals surface area contributed by atoms with Crippen LogP contribution in [-0.4, -0.2) is 149 Å². The average Bonchev–Trinajstić information content (AvgIpc) is 3.86. The van der Waals surface area contributed by atoms with Crippen molar-refractivity contribution in [2.75, 3.05) is 32.5 Å². The maximum absolute atomic E-state index is 14.8. The maximum atomic E-state index is 14.8. The highest BCUT2D eigenvalue weighted by Gasteiger charge is 2.42. The van der Waals surface area contributed by atoms with E-state index in [-0.39, 0.29) is 50.9 Å². The van der Waals surface area contributed by atoms with Crippen molar-refractivity contribution in [3.63, 3.8) is 0 Å². The van der Waals surface area contributed by atoms with Crippen molar-refractivity contribution < 1.29 is 57.5 Å². The standard InChI is InChI=1S/C48H74N12O12S2/c1-4-27(2)40-46(70)56-31(16-17-36(50)61)42(66)57-33(23-37(51)62)43(67)58-34(47(71)60-21-9-11-35(60)45(69)55-30(10-8-20-49)41(65)53-25-38(52)63)26-73-74-48(18-6-5-7-19-48)24-39(64)54-32(44(68)59-40)22-28-12-14-29(72-3)15-13-28/h12-15,27,30-35,40H,4-11,16-26,49H2,1-3H3,(H2,50,61)(H2,51,62)(H2,52,63)(H,53,65)(H,54,64)(H,55,69)(H,56,70)(H,57,66)(H,58,67)(H,59,68)/t27-,30-,31?,32-,33-,34-,35-,40?/m0/s1. The molecule has 15 N–H and O–H groups in total. The van der Waals surface area contributed by atoms with E-state index in [1.54, 1.807) is 38.1 Å². The summed E-state index contributed by atoms with van der Waals surface area (Å²) in [6.07, 6.45) is 3.39. The van der Waals surface area contributed by atoms with Gasteiger partial charge in [0.2, 0.25) is 65.0 Å². The lowest BCUT2D eigenvalue weighted by molar-refractivity contribution is -0.142. The van der Waals surface area contributed by atoms with E-state index < -0.39 is 137 Å². The van der Waals surface area contributed by atoms with Gasteiger partial charge in [0, 0.05) is 36.3 Å². The number of nitrogens with zero attached hydrogens (tertiary/aromatic N) is 1. The second-order valence-corrected chi connectivity index (χ2v) is 21.9. The fourth-order valence-corrected chi connectivity index (χ4v) is 12.4. The number of carbonyl (C=O) groups is 11. The van der Waals surface area contributed by atoms with Crippen molar-refractivity contribution in [3.05, 3.63) is 29.8 Å². The monoisotopic (exact) mass is 1070 g/mol. The molecule has 0 bridgehead atoms. The first kappa shape index (κ1) is 60.4. The van der Waals surface area contributed by atoms with Crippen LogP contribution < -0.4 is 64.9 Å². The Morgan fingerprint density at radius 2 is 1.49 bits per heavy atom. The number of carbonyl (C=O) groups excluding carboxylic acids is 11. The van der Waals surface area contributed by atoms with Crippen molar-refractivity contribution in [1.82, 2.24) is 42.1 Å². The van der Waals surface area contributed by atoms with Crippen LogP contribution in [0.5, 0.6) is 5.75 Å². The Labute approximate surface area is 438 Å². The van der Waals surface area contributed by atoms with E-state index in [2.05, 4.69) is 37.2 Å². The van der Waals surface area contributed by atoms with Gasteiger partial charge in [-0.3, -0.25) is 52.7 Å². The zero-order valence-corrected chi connectivity index (χ0v) is 44.0. The molecule has 3 aliphatic rings. The first-order valence-electron chi connectivity index (χ1n) is 25.1. The largest absolute Gasteiger partial charge is 0.497 e. The normalized spacial score (nSPS) is 24.1. The van der Waals surface area contributed by atoms with E-state index in [9.17, 15) is 52.7 Å². The summed E-state index contributed by atoms with van der Waals surface area (Å²) in [6.45, 7) is 3.27. The number of hydrogen-bond acceptors (Lipinski definition) is 15. The van der Waals surface area contributed by atoms with Gasteiger partial charge < -0.3 is 69.8 Å². The van der Waals surface area contributed by atoms with Crippen molar-refractivity contribution >= 4 is 86.6 Å². The van der Waals surface area contributed by atoms with Crippen LogP contribution in [0.25, 0.3) is 0 Å². The lowest BCUT2D eigenvalue weighted by atomic mass is 9.85. The van der Waals surface area contributed by atoms with Crippen LogP contribution in [0, 0.1) is 5.92 Å². The maximum Gasteiger partial charge on any atom is 0.246 e. The lowest BCUT2D eigenvalue weighted by Gasteiger charge is -2.37. The molecule has 1 aromatic rings. The molecule has 8 atom stereocenters. The molecule has 410 valence electrons. The molecular weight excluding hydrogens is 1000 g/mol. The summed E-state index contributed by atoms with van der Waals surface area (Å²) in [5, 5.41) is 18.5. The van der Waals surface area contributed by atoms with Gasteiger partial charge in [-0.1, -0.05) is 73.3 Å². The summed E-state index contributed by atoms with van der Waals surface area (Å²) in [7, 11) is 4.06. The van der Waals surface area contributed by atoms with E-state index in [4.69, 9.17) is 27.7 Å². The van der Waals surface area contributed by atoms with Crippen molar-refractivity contribution in [1.29, 1.82) is 0 Å². The molecule has 2 heterocycles. The topological polar surface area (TPSA) is 389 Å². The second kappa shape index (κ2) is 29.7. The summed E-state index contributed by atoms with van der Waals surface area (Å²) in [5.74, 6) is -8.88. The molecule has 0 aromatic heterocycles. The van der Waals surface area contributed by atoms with Crippen LogP contribution >= 0.6 is 21.6 Å². The minimum absolute atomic E-state index is 0.0199. The first-order valence-corrected chi connectivity index (χ1v) is 27.4. The second-order valence-electron chi connectivity index (χ2n) is 19.1. The number of ether oxygens (including phenoxy) is 1. The third-order valence-electron chi connectivity index (χ3n) is 13.3. The molecule has 24 nitrogen and oxygen atoms in total. The van der Waals surface area contributed by atoms with Crippen LogP contribution in [0.1, 0.15) is 109 Å². The Kier molecular flexibility index (Phi) is 24.2. The van der Waals surface area contributed by atoms with Crippen LogP contribution in [0.4, 0.5) is 0 Å². The molecule has 1 spiro atoms. The Morgan fingerprint density at radius 3 is 2.11 bits per heavy atom. The molecule has 0 radical (unpaired) electrons. The predicted octanol–water partition coefficient (Wildman–Crippen LogP) is -1.85. The van der Waals surface area contributed by atoms with Gasteiger partial charge >= 0.3 is 0 Å². The highest BCUT2D eigenvalue weighted by atomic mass is 33.1. The van der Waals surface area contributed by atoms with Crippen LogP contribution in [0.2, 0.25) is 0 Å². The summed E-state index contributed by atoms with van der Waals surface area (Å²) >= 11 is 0. The Morgan fingerprint density at radius 1 is 0.824 bits per heavy atom. The summed E-state index contributed by atoms with van der Waals surface area (Å²) in [4.78, 5) is 151. The highest BCUT2D eigenvalue weighted by molar-refractivity contribution is 8.77. The Bertz CT molecular complexity index is 2180. The quantitative estimate of drug-likeness (QED) is 0.0678. The van der Waals surface area contributed by atoms with E-state index in [0.29, 0.717) is 43.4 Å². The zero-order valence-electron chi connectivity index (χ0n) is 42.3. The number of methoxy groups -OCH3 is 1. The predicted molar refractivity (Wildman–Crippen MR) is 276 cm³/mol. The van der Waals surface area contributed by atoms with Gasteiger partial charge in [-0.05, 0) is 75.1 Å². The highest BCUT2D eigenvalue weighted by Crippen LogP contribution is 2.48. The average molecular weight is 1080 g/mol. The number of rotatable bonds is 19. The van der Waals surface area contributed by atoms with Crippen molar-refractivity contribution in [2.24, 2.45) is 28.9 Å². The number of benzene rings is 1. The zero-order chi connectivity index (χ0) is 54.5. The fraction of sp³-hybridized carbons (Fsp3) is 0.646. The van der Waals surface area contributed by atoms with E-state index in [1.807, 2.05) is 0 Å². The van der Waals surface area contributed by atoms with Crippen molar-refractivity contribution in [3.8, 4) is 5.75 Å². The van der Waals surface area contributed by atoms with Gasteiger partial charge in [-0.2, -0.15) is 0 Å². The molecule has 1 saturated carbocycles. The third kappa shape index (κ3) is 18.7.